The summed E-state index contributed by atoms with van der Waals surface area (Å²) in [6.07, 6.45) is -10.5. The predicted octanol–water partition coefficient (Wildman–Crippen LogP) is 2.30. The minimum atomic E-state index is -5.33. The van der Waals surface area contributed by atoms with E-state index >= 15 is 0 Å². The number of rotatable bonds is 2. The number of pyridine rings is 1. The van der Waals surface area contributed by atoms with Gasteiger partial charge in [-0.25, -0.2) is 0 Å². The maximum atomic E-state index is 12.4. The van der Waals surface area contributed by atoms with E-state index in [0.29, 0.717) is 0 Å². The van der Waals surface area contributed by atoms with Crippen molar-refractivity contribution in [3.05, 3.63) is 22.1 Å². The average Bonchev–Trinajstić information content (AvgIpc) is 2.16. The van der Waals surface area contributed by atoms with Crippen LogP contribution in [-0.4, -0.2) is 18.5 Å². The first kappa shape index (κ1) is 14.2. The van der Waals surface area contributed by atoms with Crippen molar-refractivity contribution in [1.82, 2.24) is 4.98 Å². The zero-order chi connectivity index (χ0) is 14.1. The zero-order valence-corrected chi connectivity index (χ0v) is 8.57. The molecule has 0 atom stereocenters. The molecule has 0 bridgehead atoms. The maximum absolute atomic E-state index is 12.4. The largest absolute Gasteiger partial charge is 0.573 e. The van der Waals surface area contributed by atoms with Gasteiger partial charge in [0.05, 0.1) is 7.11 Å². The lowest BCUT2D eigenvalue weighted by Crippen LogP contribution is -2.24. The number of ether oxygens (including phenoxy) is 2. The molecule has 0 saturated heterocycles. The van der Waals surface area contributed by atoms with Crippen LogP contribution >= 0.6 is 0 Å². The Balaban J connectivity index is 3.40. The Kier molecular flexibility index (Phi) is 3.49. The van der Waals surface area contributed by atoms with E-state index in [0.717, 1.165) is 7.11 Å². The van der Waals surface area contributed by atoms with Crippen LogP contribution < -0.4 is 15.0 Å². The smallest absolute Gasteiger partial charge is 0.491 e. The SMILES string of the molecule is COc1cc(OC(F)(F)F)c(C(F)(F)F)[nH]c1=O. The highest BCUT2D eigenvalue weighted by Crippen LogP contribution is 2.37. The molecule has 0 unspecified atom stereocenters. The molecule has 102 valence electrons. The van der Waals surface area contributed by atoms with Crippen molar-refractivity contribution in [1.29, 1.82) is 0 Å². The molecule has 1 rings (SSSR count). The lowest BCUT2D eigenvalue weighted by Gasteiger charge is -2.15. The van der Waals surface area contributed by atoms with Crippen LogP contribution in [0.4, 0.5) is 26.3 Å². The van der Waals surface area contributed by atoms with E-state index < -0.39 is 35.3 Å². The summed E-state index contributed by atoms with van der Waals surface area (Å²) >= 11 is 0. The first-order chi connectivity index (χ1) is 8.04. The van der Waals surface area contributed by atoms with Crippen LogP contribution in [0.2, 0.25) is 0 Å². The van der Waals surface area contributed by atoms with Crippen molar-refractivity contribution >= 4 is 0 Å². The standard InChI is InChI=1S/C8H5F6NO3/c1-17-4-2-3(18-8(12,13)14)5(7(9,10)11)15-6(4)16/h2H,1H3,(H,15,16). The van der Waals surface area contributed by atoms with Crippen LogP contribution in [0.15, 0.2) is 10.9 Å². The van der Waals surface area contributed by atoms with Gasteiger partial charge >= 0.3 is 12.5 Å². The predicted molar refractivity (Wildman–Crippen MR) is 45.3 cm³/mol. The first-order valence-corrected chi connectivity index (χ1v) is 4.19. The van der Waals surface area contributed by atoms with Gasteiger partial charge < -0.3 is 14.5 Å². The molecule has 1 N–H and O–H groups in total. The lowest BCUT2D eigenvalue weighted by atomic mass is 10.3. The number of methoxy groups -OCH3 is 1. The van der Waals surface area contributed by atoms with Crippen LogP contribution in [0.1, 0.15) is 5.69 Å². The van der Waals surface area contributed by atoms with E-state index in [4.69, 9.17) is 0 Å². The molecule has 0 aliphatic rings. The number of nitrogens with one attached hydrogen (secondary N) is 1. The Labute approximate surface area is 95.1 Å². The molecule has 0 amide bonds. The number of aromatic nitrogens is 1. The van der Waals surface area contributed by atoms with E-state index in [1.807, 2.05) is 0 Å². The molecule has 1 heterocycles. The quantitative estimate of drug-likeness (QED) is 0.844. The van der Waals surface area contributed by atoms with Crippen molar-refractivity contribution in [3.63, 3.8) is 0 Å². The van der Waals surface area contributed by atoms with Gasteiger partial charge in [0, 0.05) is 6.07 Å². The van der Waals surface area contributed by atoms with E-state index in [2.05, 4.69) is 9.47 Å². The molecule has 4 nitrogen and oxygen atoms in total. The van der Waals surface area contributed by atoms with Crippen LogP contribution in [-0.2, 0) is 6.18 Å². The molecule has 1 aromatic rings. The molecule has 0 aliphatic heterocycles. The number of halogens is 6. The van der Waals surface area contributed by atoms with Crippen molar-refractivity contribution in [2.45, 2.75) is 12.5 Å². The van der Waals surface area contributed by atoms with Gasteiger partial charge in [-0.2, -0.15) is 13.2 Å². The van der Waals surface area contributed by atoms with Crippen LogP contribution in [0.3, 0.4) is 0 Å². The summed E-state index contributed by atoms with van der Waals surface area (Å²) in [4.78, 5) is 12.2. The molecule has 10 heteroatoms. The van der Waals surface area contributed by atoms with E-state index in [1.165, 1.54) is 4.98 Å². The number of hydrogen-bond donors (Lipinski definition) is 1. The molecular weight excluding hydrogens is 272 g/mol. The average molecular weight is 277 g/mol. The van der Waals surface area contributed by atoms with E-state index in [-0.39, 0.29) is 6.07 Å². The summed E-state index contributed by atoms with van der Waals surface area (Å²) in [6, 6.07) is 0.217. The fraction of sp³-hybridized carbons (Fsp3) is 0.375. The third-order valence-electron chi connectivity index (χ3n) is 1.70. The Bertz CT molecular complexity index is 489. The van der Waals surface area contributed by atoms with Gasteiger partial charge in [0.15, 0.2) is 17.2 Å². The minimum absolute atomic E-state index is 0.217. The fourth-order valence-electron chi connectivity index (χ4n) is 1.06. The first-order valence-electron chi connectivity index (χ1n) is 4.19. The highest BCUT2D eigenvalue weighted by atomic mass is 19.4. The monoisotopic (exact) mass is 277 g/mol. The second kappa shape index (κ2) is 4.42. The number of hydrogen-bond acceptors (Lipinski definition) is 3. The van der Waals surface area contributed by atoms with E-state index in [1.54, 1.807) is 0 Å². The van der Waals surface area contributed by atoms with Gasteiger partial charge in [-0.15, -0.1) is 13.2 Å². The Morgan fingerprint density at radius 2 is 1.67 bits per heavy atom. The molecule has 0 aliphatic carbocycles. The van der Waals surface area contributed by atoms with E-state index in [9.17, 15) is 31.1 Å². The van der Waals surface area contributed by atoms with Gasteiger partial charge in [0.25, 0.3) is 5.56 Å². The molecule has 0 aromatic carbocycles. The molecule has 0 spiro atoms. The Morgan fingerprint density at radius 1 is 1.11 bits per heavy atom. The van der Waals surface area contributed by atoms with Gasteiger partial charge in [-0.05, 0) is 0 Å². The number of aromatic amines is 1. The summed E-state index contributed by atoms with van der Waals surface area (Å²) in [5.41, 5.74) is -3.26. The third kappa shape index (κ3) is 3.31. The summed E-state index contributed by atoms with van der Waals surface area (Å²) in [7, 11) is 0.912. The van der Waals surface area contributed by atoms with Crippen molar-refractivity contribution in [3.8, 4) is 11.5 Å². The van der Waals surface area contributed by atoms with Crippen LogP contribution in [0.5, 0.6) is 11.5 Å². The molecule has 0 saturated carbocycles. The number of alkyl halides is 6. The Hall–Kier alpha value is -1.87. The van der Waals surface area contributed by atoms with Crippen molar-refractivity contribution in [2.24, 2.45) is 0 Å². The summed E-state index contributed by atoms with van der Waals surface area (Å²) in [5.74, 6) is -2.33. The highest BCUT2D eigenvalue weighted by molar-refractivity contribution is 5.36. The lowest BCUT2D eigenvalue weighted by molar-refractivity contribution is -0.276. The minimum Gasteiger partial charge on any atom is -0.491 e. The van der Waals surface area contributed by atoms with Crippen LogP contribution in [0, 0.1) is 0 Å². The van der Waals surface area contributed by atoms with Crippen LogP contribution in [0.25, 0.3) is 0 Å². The van der Waals surface area contributed by atoms with Gasteiger partial charge in [-0.3, -0.25) is 4.79 Å². The molecular formula is C8H5F6NO3. The summed E-state index contributed by atoms with van der Waals surface area (Å²) in [6.45, 7) is 0. The van der Waals surface area contributed by atoms with Gasteiger partial charge in [0.1, 0.15) is 0 Å². The summed E-state index contributed by atoms with van der Waals surface area (Å²) in [5, 5.41) is 0. The zero-order valence-electron chi connectivity index (χ0n) is 8.57. The van der Waals surface area contributed by atoms with Gasteiger partial charge in [0.2, 0.25) is 0 Å². The van der Waals surface area contributed by atoms with Crippen molar-refractivity contribution < 1.29 is 35.8 Å². The molecule has 1 aromatic heterocycles. The topological polar surface area (TPSA) is 51.3 Å². The van der Waals surface area contributed by atoms with Crippen molar-refractivity contribution in [2.75, 3.05) is 7.11 Å². The summed E-state index contributed by atoms with van der Waals surface area (Å²) < 4.78 is 80.4. The highest BCUT2D eigenvalue weighted by Gasteiger charge is 2.41. The number of H-pyrrole nitrogens is 1. The van der Waals surface area contributed by atoms with Gasteiger partial charge in [-0.1, -0.05) is 0 Å². The second-order valence-corrected chi connectivity index (χ2v) is 2.95. The Morgan fingerprint density at radius 3 is 2.06 bits per heavy atom. The second-order valence-electron chi connectivity index (χ2n) is 2.95. The molecule has 0 fully saturated rings. The normalized spacial score (nSPS) is 12.4. The molecule has 18 heavy (non-hydrogen) atoms. The third-order valence-corrected chi connectivity index (χ3v) is 1.70. The maximum Gasteiger partial charge on any atom is 0.573 e. The molecule has 0 radical (unpaired) electrons. The fourth-order valence-corrected chi connectivity index (χ4v) is 1.06.